The Kier molecular flexibility index (Phi) is 5.19. The minimum Gasteiger partial charge on any atom is -0.352 e. The summed E-state index contributed by atoms with van der Waals surface area (Å²) in [4.78, 5) is 23.7. The van der Waals surface area contributed by atoms with E-state index in [1.807, 2.05) is 59.5 Å². The van der Waals surface area contributed by atoms with Crippen LogP contribution in [0.15, 0.2) is 72.9 Å². The van der Waals surface area contributed by atoms with Crippen molar-refractivity contribution >= 4 is 17.7 Å². The Labute approximate surface area is 164 Å². The molecule has 0 spiro atoms. The third-order valence-electron chi connectivity index (χ3n) is 4.91. The van der Waals surface area contributed by atoms with E-state index in [4.69, 9.17) is 4.98 Å². The van der Waals surface area contributed by atoms with Gasteiger partial charge in [0.05, 0.1) is 6.04 Å². The Morgan fingerprint density at radius 2 is 1.79 bits per heavy atom. The quantitative estimate of drug-likeness (QED) is 0.718. The summed E-state index contributed by atoms with van der Waals surface area (Å²) in [6.07, 6.45) is 1.73. The highest BCUT2D eigenvalue weighted by Gasteiger charge is 2.32. The lowest BCUT2D eigenvalue weighted by molar-refractivity contribution is -0.123. The second-order valence-electron chi connectivity index (χ2n) is 6.81. The van der Waals surface area contributed by atoms with E-state index in [0.717, 1.165) is 16.9 Å². The van der Waals surface area contributed by atoms with Crippen LogP contribution in [0.4, 0.5) is 11.8 Å². The first-order valence-corrected chi connectivity index (χ1v) is 9.46. The van der Waals surface area contributed by atoms with Crippen LogP contribution in [0.5, 0.6) is 0 Å². The number of anilines is 2. The summed E-state index contributed by atoms with van der Waals surface area (Å²) in [5.74, 6) is 1.27. The van der Waals surface area contributed by atoms with Gasteiger partial charge in [0.1, 0.15) is 11.9 Å². The maximum Gasteiger partial charge on any atom is 0.247 e. The molecule has 142 valence electrons. The molecule has 0 bridgehead atoms. The Bertz CT molecular complexity index is 932. The van der Waals surface area contributed by atoms with E-state index in [1.54, 1.807) is 6.20 Å². The molecule has 2 heterocycles. The van der Waals surface area contributed by atoms with E-state index in [-0.39, 0.29) is 11.9 Å². The lowest BCUT2D eigenvalue weighted by Crippen LogP contribution is -2.50. The van der Waals surface area contributed by atoms with Gasteiger partial charge in [-0.3, -0.25) is 4.79 Å². The molecule has 0 aliphatic carbocycles. The number of piperazine rings is 1. The van der Waals surface area contributed by atoms with Gasteiger partial charge in [0.15, 0.2) is 0 Å². The molecule has 1 aliphatic rings. The smallest absolute Gasteiger partial charge is 0.247 e. The third kappa shape index (κ3) is 3.81. The molecular weight excluding hydrogens is 350 g/mol. The predicted molar refractivity (Wildman–Crippen MR) is 110 cm³/mol. The minimum atomic E-state index is -0.399. The van der Waals surface area contributed by atoms with Gasteiger partial charge in [0.25, 0.3) is 0 Å². The molecule has 0 unspecified atom stereocenters. The predicted octanol–water partition coefficient (Wildman–Crippen LogP) is 3.33. The average Bonchev–Trinajstić information content (AvgIpc) is 2.75. The van der Waals surface area contributed by atoms with E-state index in [0.29, 0.717) is 19.0 Å². The second kappa shape index (κ2) is 8.08. The van der Waals surface area contributed by atoms with Crippen LogP contribution in [0.2, 0.25) is 0 Å². The highest BCUT2D eigenvalue weighted by molar-refractivity contribution is 5.87. The number of aromatic nitrogens is 2. The molecule has 28 heavy (non-hydrogen) atoms. The first kappa shape index (κ1) is 18.0. The van der Waals surface area contributed by atoms with Gasteiger partial charge in [-0.25, -0.2) is 4.98 Å². The molecule has 1 aromatic heterocycles. The van der Waals surface area contributed by atoms with Crippen LogP contribution in [-0.4, -0.2) is 29.0 Å². The number of nitrogens with one attached hydrogen (secondary N) is 2. The maximum absolute atomic E-state index is 12.6. The highest BCUT2D eigenvalue weighted by Crippen LogP contribution is 2.28. The monoisotopic (exact) mass is 373 g/mol. The molecule has 6 heteroatoms. The number of nitrogens with zero attached hydrogens (tertiary/aromatic N) is 3. The van der Waals surface area contributed by atoms with Crippen molar-refractivity contribution in [3.8, 4) is 0 Å². The van der Waals surface area contributed by atoms with Crippen LogP contribution in [0.25, 0.3) is 0 Å². The summed E-state index contributed by atoms with van der Waals surface area (Å²) in [5, 5.41) is 6.31. The van der Waals surface area contributed by atoms with Gasteiger partial charge >= 0.3 is 0 Å². The number of hydrogen-bond acceptors (Lipinski definition) is 5. The first-order valence-electron chi connectivity index (χ1n) is 9.46. The SMILES string of the molecule is C[C@@H](Nc1nccc(N2CCNC(=O)[C@H]2c2ccccc2)n1)c1ccccc1. The molecule has 3 aromatic rings. The molecule has 2 atom stereocenters. The van der Waals surface area contributed by atoms with Crippen LogP contribution >= 0.6 is 0 Å². The highest BCUT2D eigenvalue weighted by atomic mass is 16.2. The number of carbonyl (C=O) groups is 1. The van der Waals surface area contributed by atoms with Crippen LogP contribution in [0.1, 0.15) is 30.1 Å². The van der Waals surface area contributed by atoms with Crippen LogP contribution in [0.3, 0.4) is 0 Å². The lowest BCUT2D eigenvalue weighted by atomic mass is 10.0. The van der Waals surface area contributed by atoms with Gasteiger partial charge in [-0.1, -0.05) is 60.7 Å². The second-order valence-corrected chi connectivity index (χ2v) is 6.81. The van der Waals surface area contributed by atoms with Crippen molar-refractivity contribution in [2.24, 2.45) is 0 Å². The maximum atomic E-state index is 12.6. The van der Waals surface area contributed by atoms with Crippen molar-refractivity contribution in [2.45, 2.75) is 19.0 Å². The largest absolute Gasteiger partial charge is 0.352 e. The van der Waals surface area contributed by atoms with Gasteiger partial charge in [-0.15, -0.1) is 0 Å². The van der Waals surface area contributed by atoms with Gasteiger partial charge < -0.3 is 15.5 Å². The van der Waals surface area contributed by atoms with E-state index in [1.165, 1.54) is 0 Å². The van der Waals surface area contributed by atoms with Crippen molar-refractivity contribution in [2.75, 3.05) is 23.3 Å². The Hall–Kier alpha value is -3.41. The minimum absolute atomic E-state index is 0.0109. The molecule has 1 saturated heterocycles. The summed E-state index contributed by atoms with van der Waals surface area (Å²) in [6.45, 7) is 3.36. The molecule has 2 aromatic carbocycles. The van der Waals surface area contributed by atoms with Crippen molar-refractivity contribution < 1.29 is 4.79 Å². The summed E-state index contributed by atoms with van der Waals surface area (Å²) >= 11 is 0. The van der Waals surface area contributed by atoms with Gasteiger partial charge in [-0.05, 0) is 24.1 Å². The molecular formula is C22H23N5O. The first-order chi connectivity index (χ1) is 13.7. The third-order valence-corrected chi connectivity index (χ3v) is 4.91. The van der Waals surface area contributed by atoms with E-state index >= 15 is 0 Å². The van der Waals surface area contributed by atoms with Crippen molar-refractivity contribution in [1.29, 1.82) is 0 Å². The van der Waals surface area contributed by atoms with E-state index < -0.39 is 6.04 Å². The summed E-state index contributed by atoms with van der Waals surface area (Å²) in [7, 11) is 0. The summed E-state index contributed by atoms with van der Waals surface area (Å²) in [6, 6.07) is 21.5. The molecule has 0 saturated carbocycles. The Balaban J connectivity index is 1.59. The van der Waals surface area contributed by atoms with Crippen molar-refractivity contribution in [1.82, 2.24) is 15.3 Å². The van der Waals surface area contributed by atoms with E-state index in [9.17, 15) is 4.79 Å². The van der Waals surface area contributed by atoms with Crippen LogP contribution in [0, 0.1) is 0 Å². The molecule has 6 nitrogen and oxygen atoms in total. The fraction of sp³-hybridized carbons (Fsp3) is 0.227. The Morgan fingerprint density at radius 1 is 1.07 bits per heavy atom. The lowest BCUT2D eigenvalue weighted by Gasteiger charge is -2.36. The zero-order chi connectivity index (χ0) is 19.3. The number of amides is 1. The summed E-state index contributed by atoms with van der Waals surface area (Å²) < 4.78 is 0. The number of rotatable bonds is 5. The molecule has 0 radical (unpaired) electrons. The molecule has 2 N–H and O–H groups in total. The van der Waals surface area contributed by atoms with Gasteiger partial charge in [0, 0.05) is 19.3 Å². The molecule has 1 amide bonds. The van der Waals surface area contributed by atoms with E-state index in [2.05, 4.69) is 34.7 Å². The fourth-order valence-electron chi connectivity index (χ4n) is 3.48. The number of benzene rings is 2. The van der Waals surface area contributed by atoms with Gasteiger partial charge in [0.2, 0.25) is 11.9 Å². The van der Waals surface area contributed by atoms with Crippen LogP contribution < -0.4 is 15.5 Å². The number of carbonyl (C=O) groups excluding carboxylic acids is 1. The average molecular weight is 373 g/mol. The molecule has 1 aliphatic heterocycles. The van der Waals surface area contributed by atoms with Crippen molar-refractivity contribution in [3.05, 3.63) is 84.1 Å². The Morgan fingerprint density at radius 3 is 2.54 bits per heavy atom. The zero-order valence-electron chi connectivity index (χ0n) is 15.7. The fourth-order valence-corrected chi connectivity index (χ4v) is 3.48. The van der Waals surface area contributed by atoms with Gasteiger partial charge in [-0.2, -0.15) is 4.98 Å². The zero-order valence-corrected chi connectivity index (χ0v) is 15.7. The molecule has 4 rings (SSSR count). The summed E-state index contributed by atoms with van der Waals surface area (Å²) in [5.41, 5.74) is 2.11. The normalized spacial score (nSPS) is 17.7. The number of hydrogen-bond donors (Lipinski definition) is 2. The molecule has 1 fully saturated rings. The standard InChI is InChI=1S/C22H23N5O/c1-16(17-8-4-2-5-9-17)25-22-24-13-12-19(26-22)27-15-14-23-21(28)20(27)18-10-6-3-7-11-18/h2-13,16,20H,14-15H2,1H3,(H,23,28)(H,24,25,26)/t16-,20-/m1/s1. The van der Waals surface area contributed by atoms with Crippen molar-refractivity contribution in [3.63, 3.8) is 0 Å². The van der Waals surface area contributed by atoms with Crippen LogP contribution in [-0.2, 0) is 4.79 Å². The topological polar surface area (TPSA) is 70.2 Å².